The first kappa shape index (κ1) is 12.6. The lowest BCUT2D eigenvalue weighted by molar-refractivity contribution is 0.471. The first-order valence-corrected chi connectivity index (χ1v) is 8.47. The van der Waals surface area contributed by atoms with E-state index in [0.717, 1.165) is 25.7 Å². The zero-order chi connectivity index (χ0) is 12.8. The molecule has 2 saturated carbocycles. The molecule has 0 spiro atoms. The highest BCUT2D eigenvalue weighted by atomic mass is 79.9. The van der Waals surface area contributed by atoms with Crippen molar-refractivity contribution >= 4 is 26.0 Å². The number of rotatable bonds is 5. The molecule has 6 heteroatoms. The fourth-order valence-corrected chi connectivity index (χ4v) is 4.15. The van der Waals surface area contributed by atoms with Gasteiger partial charge < -0.3 is 0 Å². The van der Waals surface area contributed by atoms with Gasteiger partial charge in [-0.05, 0) is 59.5 Å². The Hall–Kier alpha value is -0.460. The van der Waals surface area contributed by atoms with Gasteiger partial charge in [-0.1, -0.05) is 0 Å². The van der Waals surface area contributed by atoms with E-state index in [1.165, 1.54) is 6.20 Å². The summed E-state index contributed by atoms with van der Waals surface area (Å²) in [6, 6.07) is 1.72. The summed E-state index contributed by atoms with van der Waals surface area (Å²) in [7, 11) is -3.43. The zero-order valence-electron chi connectivity index (χ0n) is 9.84. The summed E-state index contributed by atoms with van der Waals surface area (Å²) >= 11 is 3.25. The van der Waals surface area contributed by atoms with Gasteiger partial charge >= 0.3 is 0 Å². The molecule has 0 unspecified atom stereocenters. The summed E-state index contributed by atoms with van der Waals surface area (Å²) in [5.74, 6) is 1.10. The van der Waals surface area contributed by atoms with Crippen LogP contribution in [-0.4, -0.2) is 19.4 Å². The van der Waals surface area contributed by atoms with E-state index < -0.39 is 10.0 Å². The van der Waals surface area contributed by atoms with Crippen LogP contribution in [0.5, 0.6) is 0 Å². The Morgan fingerprint density at radius 3 is 2.33 bits per heavy atom. The Morgan fingerprint density at radius 2 is 1.83 bits per heavy atom. The van der Waals surface area contributed by atoms with Crippen molar-refractivity contribution in [2.45, 2.75) is 36.6 Å². The van der Waals surface area contributed by atoms with Crippen molar-refractivity contribution in [1.29, 1.82) is 0 Å². The largest absolute Gasteiger partial charge is 0.262 e. The Bertz CT molecular complexity index is 541. The van der Waals surface area contributed by atoms with E-state index in [2.05, 4.69) is 25.6 Å². The number of aromatic nitrogens is 1. The molecule has 0 bridgehead atoms. The number of pyridine rings is 1. The molecule has 0 aliphatic heterocycles. The summed E-state index contributed by atoms with van der Waals surface area (Å²) in [5, 5.41) is 0. The average Bonchev–Trinajstić information content (AvgIpc) is 3.17. The number of nitrogens with zero attached hydrogens (tertiary/aromatic N) is 1. The van der Waals surface area contributed by atoms with Crippen LogP contribution in [0.3, 0.4) is 0 Å². The van der Waals surface area contributed by atoms with Gasteiger partial charge in [-0.25, -0.2) is 13.1 Å². The number of nitrogens with one attached hydrogen (secondary N) is 1. The molecule has 1 N–H and O–H groups in total. The fraction of sp³-hybridized carbons (Fsp3) is 0.583. The zero-order valence-corrected chi connectivity index (χ0v) is 12.2. The minimum absolute atomic E-state index is 0.133. The summed E-state index contributed by atoms with van der Waals surface area (Å²) in [6.07, 6.45) is 7.59. The van der Waals surface area contributed by atoms with E-state index in [4.69, 9.17) is 0 Å². The van der Waals surface area contributed by atoms with Crippen LogP contribution >= 0.6 is 15.9 Å². The van der Waals surface area contributed by atoms with Crippen LogP contribution in [-0.2, 0) is 10.0 Å². The van der Waals surface area contributed by atoms with Crippen LogP contribution in [0, 0.1) is 11.8 Å². The first-order valence-electron chi connectivity index (χ1n) is 6.19. The van der Waals surface area contributed by atoms with E-state index in [1.807, 2.05) is 0 Å². The molecule has 0 radical (unpaired) electrons. The molecule has 2 aliphatic carbocycles. The molecule has 0 amide bonds. The minimum atomic E-state index is -3.43. The maximum atomic E-state index is 12.3. The van der Waals surface area contributed by atoms with Gasteiger partial charge in [0.15, 0.2) is 0 Å². The lowest BCUT2D eigenvalue weighted by Crippen LogP contribution is -2.38. The van der Waals surface area contributed by atoms with Gasteiger partial charge in [-0.3, -0.25) is 4.98 Å². The van der Waals surface area contributed by atoms with Gasteiger partial charge in [-0.15, -0.1) is 0 Å². The predicted octanol–water partition coefficient (Wildman–Crippen LogP) is 2.31. The van der Waals surface area contributed by atoms with Crippen molar-refractivity contribution in [2.24, 2.45) is 11.8 Å². The molecule has 2 fully saturated rings. The molecule has 98 valence electrons. The van der Waals surface area contributed by atoms with Crippen molar-refractivity contribution in [3.8, 4) is 0 Å². The third-order valence-electron chi connectivity index (χ3n) is 3.54. The highest BCUT2D eigenvalue weighted by Gasteiger charge is 2.43. The van der Waals surface area contributed by atoms with Crippen LogP contribution in [0.2, 0.25) is 0 Å². The SMILES string of the molecule is O=S(=O)(NC(C1CC1)C1CC1)c1cncc(Br)c1. The van der Waals surface area contributed by atoms with Gasteiger partial charge in [0.25, 0.3) is 0 Å². The molecule has 18 heavy (non-hydrogen) atoms. The highest BCUT2D eigenvalue weighted by molar-refractivity contribution is 9.10. The Kier molecular flexibility index (Phi) is 3.20. The summed E-state index contributed by atoms with van der Waals surface area (Å²) in [6.45, 7) is 0. The number of sulfonamides is 1. The molecule has 0 aromatic carbocycles. The lowest BCUT2D eigenvalue weighted by atomic mass is 10.1. The van der Waals surface area contributed by atoms with Crippen molar-refractivity contribution in [3.63, 3.8) is 0 Å². The number of halogens is 1. The molecule has 1 aromatic heterocycles. The first-order chi connectivity index (χ1) is 8.56. The summed E-state index contributed by atoms with van der Waals surface area (Å²) in [5.41, 5.74) is 0. The average molecular weight is 331 g/mol. The topological polar surface area (TPSA) is 59.1 Å². The van der Waals surface area contributed by atoms with Gasteiger partial charge in [0.05, 0.1) is 0 Å². The monoisotopic (exact) mass is 330 g/mol. The highest BCUT2D eigenvalue weighted by Crippen LogP contribution is 2.45. The normalized spacial score (nSPS) is 20.3. The predicted molar refractivity (Wildman–Crippen MR) is 71.5 cm³/mol. The lowest BCUT2D eigenvalue weighted by Gasteiger charge is -2.17. The third-order valence-corrected chi connectivity index (χ3v) is 5.40. The smallest absolute Gasteiger partial charge is 0.242 e. The second-order valence-corrected chi connectivity index (χ2v) is 7.79. The van der Waals surface area contributed by atoms with E-state index in [1.54, 1.807) is 12.3 Å². The Labute approximate surface area is 115 Å². The molecule has 1 aromatic rings. The van der Waals surface area contributed by atoms with Crippen molar-refractivity contribution in [2.75, 3.05) is 0 Å². The summed E-state index contributed by atoms with van der Waals surface area (Å²) < 4.78 is 28.1. The summed E-state index contributed by atoms with van der Waals surface area (Å²) in [4.78, 5) is 4.15. The molecule has 0 atom stereocenters. The molecule has 1 heterocycles. The van der Waals surface area contributed by atoms with Crippen LogP contribution in [0.1, 0.15) is 25.7 Å². The van der Waals surface area contributed by atoms with E-state index in [0.29, 0.717) is 16.3 Å². The van der Waals surface area contributed by atoms with Crippen LogP contribution in [0.4, 0.5) is 0 Å². The Morgan fingerprint density at radius 1 is 1.22 bits per heavy atom. The molecule has 0 saturated heterocycles. The van der Waals surface area contributed by atoms with Crippen molar-refractivity contribution < 1.29 is 8.42 Å². The van der Waals surface area contributed by atoms with Crippen LogP contribution < -0.4 is 4.72 Å². The maximum absolute atomic E-state index is 12.3. The van der Waals surface area contributed by atoms with E-state index >= 15 is 0 Å². The molecule has 4 nitrogen and oxygen atoms in total. The Balaban J connectivity index is 1.81. The second-order valence-electron chi connectivity index (χ2n) is 5.16. The fourth-order valence-electron chi connectivity index (χ4n) is 2.27. The van der Waals surface area contributed by atoms with Gasteiger partial charge in [-0.2, -0.15) is 0 Å². The van der Waals surface area contributed by atoms with E-state index in [9.17, 15) is 8.42 Å². The third kappa shape index (κ3) is 2.75. The van der Waals surface area contributed by atoms with Crippen LogP contribution in [0.15, 0.2) is 27.8 Å². The van der Waals surface area contributed by atoms with E-state index in [-0.39, 0.29) is 10.9 Å². The molecule has 2 aliphatic rings. The standard InChI is InChI=1S/C12H15BrN2O2S/c13-10-5-11(7-14-6-10)18(16,17)15-12(8-1-2-8)9-3-4-9/h5-9,12,15H,1-4H2. The van der Waals surface area contributed by atoms with Crippen LogP contribution in [0.25, 0.3) is 0 Å². The van der Waals surface area contributed by atoms with Gasteiger partial charge in [0, 0.05) is 22.9 Å². The van der Waals surface area contributed by atoms with Crippen molar-refractivity contribution in [1.82, 2.24) is 9.71 Å². The maximum Gasteiger partial charge on any atom is 0.242 e. The van der Waals surface area contributed by atoms with Crippen molar-refractivity contribution in [3.05, 3.63) is 22.9 Å². The number of hydrogen-bond donors (Lipinski definition) is 1. The number of hydrogen-bond acceptors (Lipinski definition) is 3. The molecular weight excluding hydrogens is 316 g/mol. The molecular formula is C12H15BrN2O2S. The minimum Gasteiger partial charge on any atom is -0.262 e. The molecule has 3 rings (SSSR count). The second kappa shape index (κ2) is 4.58. The van der Waals surface area contributed by atoms with Gasteiger partial charge in [0.1, 0.15) is 4.90 Å². The van der Waals surface area contributed by atoms with Gasteiger partial charge in [0.2, 0.25) is 10.0 Å². The quantitative estimate of drug-likeness (QED) is 0.901.